The van der Waals surface area contributed by atoms with Crippen molar-refractivity contribution in [1.82, 2.24) is 16.0 Å². The van der Waals surface area contributed by atoms with Gasteiger partial charge in [-0.1, -0.05) is 50.1 Å². The van der Waals surface area contributed by atoms with Gasteiger partial charge in [-0.05, 0) is 12.0 Å². The third kappa shape index (κ3) is 9.83. The first-order valence-corrected chi connectivity index (χ1v) is 8.65. The highest BCUT2D eigenvalue weighted by Crippen LogP contribution is 2.01. The van der Waals surface area contributed by atoms with Gasteiger partial charge in [-0.2, -0.15) is 0 Å². The van der Waals surface area contributed by atoms with E-state index in [0.29, 0.717) is 12.8 Å². The fraction of sp³-hybridized carbons (Fsp3) is 0.444. The molecule has 3 amide bonds. The molecule has 1 atom stereocenters. The number of alkyl carbamates (subject to hydrolysis) is 1. The Morgan fingerprint density at radius 1 is 1.04 bits per heavy atom. The summed E-state index contributed by atoms with van der Waals surface area (Å²) >= 11 is 0. The molecule has 0 bridgehead atoms. The number of hydrogen-bond acceptors (Lipinski definition) is 5. The lowest BCUT2D eigenvalue weighted by Gasteiger charge is -2.14. The number of benzene rings is 1. The highest BCUT2D eigenvalue weighted by molar-refractivity contribution is 5.89. The van der Waals surface area contributed by atoms with E-state index in [4.69, 9.17) is 9.84 Å². The summed E-state index contributed by atoms with van der Waals surface area (Å²) in [5.74, 6) is -2.33. The van der Waals surface area contributed by atoms with E-state index in [9.17, 15) is 19.2 Å². The van der Waals surface area contributed by atoms with Crippen LogP contribution in [0, 0.1) is 0 Å². The van der Waals surface area contributed by atoms with Gasteiger partial charge < -0.3 is 25.8 Å². The molecule has 0 aromatic heterocycles. The van der Waals surface area contributed by atoms with E-state index in [1.54, 1.807) is 12.1 Å². The van der Waals surface area contributed by atoms with Crippen LogP contribution in [0.2, 0.25) is 0 Å². The highest BCUT2D eigenvalue weighted by atomic mass is 16.5. The Labute approximate surface area is 157 Å². The molecule has 4 N–H and O–H groups in total. The topological polar surface area (TPSA) is 134 Å². The van der Waals surface area contributed by atoms with Crippen LogP contribution in [0.1, 0.15) is 31.7 Å². The number of carboxylic acid groups (broad SMARTS) is 1. The second kappa shape index (κ2) is 12.3. The summed E-state index contributed by atoms with van der Waals surface area (Å²) in [6, 6.07) is 8.07. The van der Waals surface area contributed by atoms with Crippen LogP contribution >= 0.6 is 0 Å². The molecule has 1 aromatic carbocycles. The minimum atomic E-state index is -1.12. The van der Waals surface area contributed by atoms with Crippen LogP contribution in [0.3, 0.4) is 0 Å². The van der Waals surface area contributed by atoms with Gasteiger partial charge in [-0.25, -0.2) is 9.59 Å². The Kier molecular flexibility index (Phi) is 9.98. The third-order valence-corrected chi connectivity index (χ3v) is 3.53. The summed E-state index contributed by atoms with van der Waals surface area (Å²) in [5.41, 5.74) is 0.810. The lowest BCUT2D eigenvalue weighted by Crippen LogP contribution is -2.47. The molecule has 0 spiro atoms. The van der Waals surface area contributed by atoms with Gasteiger partial charge in [0.05, 0.1) is 6.54 Å². The number of rotatable bonds is 11. The molecule has 148 valence electrons. The Bertz CT molecular complexity index is 635. The number of aliphatic carboxylic acids is 1. The van der Waals surface area contributed by atoms with Gasteiger partial charge in [0.25, 0.3) is 0 Å². The molecule has 9 heteroatoms. The normalized spacial score (nSPS) is 11.1. The van der Waals surface area contributed by atoms with Crippen molar-refractivity contribution >= 4 is 23.9 Å². The van der Waals surface area contributed by atoms with Gasteiger partial charge in [0, 0.05) is 0 Å². The smallest absolute Gasteiger partial charge is 0.407 e. The van der Waals surface area contributed by atoms with Crippen molar-refractivity contribution in [1.29, 1.82) is 0 Å². The van der Waals surface area contributed by atoms with Crippen LogP contribution in [0.25, 0.3) is 0 Å². The van der Waals surface area contributed by atoms with Crippen molar-refractivity contribution in [2.45, 2.75) is 38.8 Å². The largest absolute Gasteiger partial charge is 0.480 e. The van der Waals surface area contributed by atoms with E-state index in [1.165, 1.54) is 0 Å². The van der Waals surface area contributed by atoms with Gasteiger partial charge in [0.1, 0.15) is 19.2 Å². The molecule has 0 heterocycles. The number of unbranched alkanes of at least 4 members (excludes halogenated alkanes) is 1. The quantitative estimate of drug-likeness (QED) is 0.449. The molecule has 0 aliphatic heterocycles. The number of carbonyl (C=O) groups excluding carboxylic acids is 3. The van der Waals surface area contributed by atoms with Crippen LogP contribution in [0.4, 0.5) is 4.79 Å². The molecular weight excluding hydrogens is 354 g/mol. The number of carboxylic acids is 1. The van der Waals surface area contributed by atoms with E-state index in [-0.39, 0.29) is 19.7 Å². The number of ether oxygens (including phenoxy) is 1. The summed E-state index contributed by atoms with van der Waals surface area (Å²) in [7, 11) is 0. The Hall–Kier alpha value is -3.10. The number of carbonyl (C=O) groups is 4. The van der Waals surface area contributed by atoms with Crippen LogP contribution in [0.5, 0.6) is 0 Å². The minimum Gasteiger partial charge on any atom is -0.480 e. The highest BCUT2D eigenvalue weighted by Gasteiger charge is 2.19. The zero-order valence-corrected chi connectivity index (χ0v) is 15.2. The summed E-state index contributed by atoms with van der Waals surface area (Å²) in [5, 5.41) is 15.9. The van der Waals surface area contributed by atoms with Gasteiger partial charge in [0.2, 0.25) is 11.8 Å². The van der Waals surface area contributed by atoms with Gasteiger partial charge in [0.15, 0.2) is 0 Å². The van der Waals surface area contributed by atoms with Crippen molar-refractivity contribution in [2.24, 2.45) is 0 Å². The van der Waals surface area contributed by atoms with Crippen molar-refractivity contribution in [2.75, 3.05) is 13.1 Å². The van der Waals surface area contributed by atoms with Crippen molar-refractivity contribution in [3.63, 3.8) is 0 Å². The fourth-order valence-corrected chi connectivity index (χ4v) is 2.08. The van der Waals surface area contributed by atoms with Crippen molar-refractivity contribution in [3.8, 4) is 0 Å². The maximum atomic E-state index is 11.7. The molecule has 27 heavy (non-hydrogen) atoms. The number of hydrogen-bond donors (Lipinski definition) is 4. The van der Waals surface area contributed by atoms with Crippen LogP contribution in [0.15, 0.2) is 30.3 Å². The molecule has 0 saturated heterocycles. The molecule has 0 saturated carbocycles. The Balaban J connectivity index is 2.22. The van der Waals surface area contributed by atoms with E-state index >= 15 is 0 Å². The van der Waals surface area contributed by atoms with Gasteiger partial charge >= 0.3 is 12.1 Å². The second-order valence-electron chi connectivity index (χ2n) is 5.79. The zero-order chi connectivity index (χ0) is 20.1. The van der Waals surface area contributed by atoms with Crippen LogP contribution in [-0.4, -0.2) is 48.1 Å². The van der Waals surface area contributed by atoms with E-state index in [0.717, 1.165) is 12.0 Å². The molecule has 9 nitrogen and oxygen atoms in total. The average molecular weight is 379 g/mol. The minimum absolute atomic E-state index is 0.0744. The fourth-order valence-electron chi connectivity index (χ4n) is 2.08. The van der Waals surface area contributed by atoms with Gasteiger partial charge in [-0.15, -0.1) is 0 Å². The molecule has 0 aliphatic carbocycles. The predicted molar refractivity (Wildman–Crippen MR) is 96.7 cm³/mol. The second-order valence-corrected chi connectivity index (χ2v) is 5.79. The lowest BCUT2D eigenvalue weighted by molar-refractivity contribution is -0.141. The van der Waals surface area contributed by atoms with E-state index in [2.05, 4.69) is 16.0 Å². The maximum Gasteiger partial charge on any atom is 0.407 e. The number of nitrogens with one attached hydrogen (secondary N) is 3. The van der Waals surface area contributed by atoms with Crippen LogP contribution < -0.4 is 16.0 Å². The molecule has 0 aliphatic rings. The van der Waals surface area contributed by atoms with E-state index < -0.39 is 29.9 Å². The lowest BCUT2D eigenvalue weighted by atomic mass is 10.1. The Morgan fingerprint density at radius 2 is 1.70 bits per heavy atom. The maximum absolute atomic E-state index is 11.7. The molecule has 0 fully saturated rings. The average Bonchev–Trinajstić information content (AvgIpc) is 2.66. The van der Waals surface area contributed by atoms with Crippen LogP contribution in [-0.2, 0) is 25.7 Å². The van der Waals surface area contributed by atoms with Gasteiger partial charge in [-0.3, -0.25) is 9.59 Å². The van der Waals surface area contributed by atoms with E-state index in [1.807, 2.05) is 25.1 Å². The summed E-state index contributed by atoms with van der Waals surface area (Å²) in [6.45, 7) is 1.25. The van der Waals surface area contributed by atoms with Crippen molar-refractivity contribution < 1.29 is 29.0 Å². The zero-order valence-electron chi connectivity index (χ0n) is 15.2. The first-order valence-electron chi connectivity index (χ1n) is 8.65. The monoisotopic (exact) mass is 379 g/mol. The standard InChI is InChI=1S/C18H25N3O6/c1-2-3-9-14(17(24)25)21-16(23)11-19-15(22)10-20-18(26)27-12-13-7-5-4-6-8-13/h4-8,14H,2-3,9-12H2,1H3,(H,19,22)(H,20,26)(H,21,23)(H,24,25)/t14-/m1/s1. The molecule has 0 unspecified atom stereocenters. The first-order chi connectivity index (χ1) is 12.9. The first kappa shape index (κ1) is 21.9. The molecule has 1 aromatic rings. The Morgan fingerprint density at radius 3 is 2.33 bits per heavy atom. The summed E-state index contributed by atoms with van der Waals surface area (Å²) in [6.07, 6.45) is 1.03. The SMILES string of the molecule is CCCC[C@@H](NC(=O)CNC(=O)CNC(=O)OCc1ccccc1)C(=O)O. The molecule has 1 rings (SSSR count). The third-order valence-electron chi connectivity index (χ3n) is 3.53. The molecular formula is C18H25N3O6. The number of amides is 3. The summed E-state index contributed by atoms with van der Waals surface area (Å²) < 4.78 is 4.95. The predicted octanol–water partition coefficient (Wildman–Crippen LogP) is 0.789. The molecule has 0 radical (unpaired) electrons. The van der Waals surface area contributed by atoms with Crippen molar-refractivity contribution in [3.05, 3.63) is 35.9 Å². The summed E-state index contributed by atoms with van der Waals surface area (Å²) in [4.78, 5) is 45.9.